The summed E-state index contributed by atoms with van der Waals surface area (Å²) in [5, 5.41) is 6.83. The number of hydrogen-bond acceptors (Lipinski definition) is 4. The zero-order chi connectivity index (χ0) is 18.1. The second-order valence-corrected chi connectivity index (χ2v) is 6.21. The van der Waals surface area contributed by atoms with Gasteiger partial charge in [-0.25, -0.2) is 4.79 Å². The quantitative estimate of drug-likeness (QED) is 0.597. The summed E-state index contributed by atoms with van der Waals surface area (Å²) in [6, 6.07) is 7.94. The number of hydrogen-bond donors (Lipinski definition) is 1. The van der Waals surface area contributed by atoms with E-state index in [9.17, 15) is 4.79 Å². The second-order valence-electron chi connectivity index (χ2n) is 6.21. The number of allylic oxidation sites excluding steroid dienone is 1. The van der Waals surface area contributed by atoms with Gasteiger partial charge in [-0.15, -0.1) is 0 Å². The van der Waals surface area contributed by atoms with Crippen LogP contribution >= 0.6 is 0 Å². The first-order chi connectivity index (χ1) is 12.2. The zero-order valence-corrected chi connectivity index (χ0v) is 15.4. The van der Waals surface area contributed by atoms with Gasteiger partial charge in [0.05, 0.1) is 12.8 Å². The van der Waals surface area contributed by atoms with Crippen molar-refractivity contribution in [3.8, 4) is 5.75 Å². The van der Waals surface area contributed by atoms with Gasteiger partial charge in [-0.3, -0.25) is 4.84 Å². The maximum Gasteiger partial charge on any atom is 0.433 e. The molecule has 5 nitrogen and oxygen atoms in total. The van der Waals surface area contributed by atoms with Crippen molar-refractivity contribution in [1.82, 2.24) is 5.32 Å². The molecule has 0 radical (unpaired) electrons. The summed E-state index contributed by atoms with van der Waals surface area (Å²) < 4.78 is 5.21. The Balaban J connectivity index is 2.25. The summed E-state index contributed by atoms with van der Waals surface area (Å²) in [4.78, 5) is 16.7. The Labute approximate surface area is 150 Å². The number of nitrogens with one attached hydrogen (secondary N) is 1. The zero-order valence-electron chi connectivity index (χ0n) is 15.4. The molecule has 1 atom stereocenters. The molecule has 0 heterocycles. The van der Waals surface area contributed by atoms with Crippen LogP contribution in [0.1, 0.15) is 51.5 Å². The SMILES string of the molecule is CCCC1CCCC(=C\c2ccc(OC)cc2)/C1=N\OC(=O)NCC. The van der Waals surface area contributed by atoms with Crippen LogP contribution in [0.3, 0.4) is 0 Å². The van der Waals surface area contributed by atoms with Crippen molar-refractivity contribution in [3.05, 3.63) is 35.4 Å². The lowest BCUT2D eigenvalue weighted by atomic mass is 9.80. The fourth-order valence-electron chi connectivity index (χ4n) is 3.14. The Morgan fingerprint density at radius 1 is 1.32 bits per heavy atom. The molecular weight excluding hydrogens is 316 g/mol. The largest absolute Gasteiger partial charge is 0.497 e. The Kier molecular flexibility index (Phi) is 7.51. The van der Waals surface area contributed by atoms with Crippen LogP contribution in [0.2, 0.25) is 0 Å². The number of carbonyl (C=O) groups excluding carboxylic acids is 1. The van der Waals surface area contributed by atoms with E-state index < -0.39 is 6.09 Å². The minimum atomic E-state index is -0.500. The van der Waals surface area contributed by atoms with E-state index in [2.05, 4.69) is 23.5 Å². The smallest absolute Gasteiger partial charge is 0.433 e. The minimum Gasteiger partial charge on any atom is -0.497 e. The average Bonchev–Trinajstić information content (AvgIpc) is 2.62. The highest BCUT2D eigenvalue weighted by Gasteiger charge is 2.25. The lowest BCUT2D eigenvalue weighted by molar-refractivity contribution is 0.150. The average molecular weight is 344 g/mol. The molecule has 5 heteroatoms. The molecule has 1 aliphatic carbocycles. The Morgan fingerprint density at radius 3 is 2.72 bits per heavy atom. The van der Waals surface area contributed by atoms with Crippen molar-refractivity contribution in [3.63, 3.8) is 0 Å². The predicted octanol–water partition coefficient (Wildman–Crippen LogP) is 4.78. The number of oxime groups is 1. The van der Waals surface area contributed by atoms with Crippen LogP contribution in [0.15, 0.2) is 35.0 Å². The van der Waals surface area contributed by atoms with Crippen LogP contribution in [-0.2, 0) is 4.84 Å². The maximum absolute atomic E-state index is 11.6. The van der Waals surface area contributed by atoms with Crippen molar-refractivity contribution in [2.45, 2.75) is 46.0 Å². The number of benzene rings is 1. The third-order valence-electron chi connectivity index (χ3n) is 4.36. The van der Waals surface area contributed by atoms with Gasteiger partial charge in [0.15, 0.2) is 0 Å². The summed E-state index contributed by atoms with van der Waals surface area (Å²) in [7, 11) is 1.66. The molecule has 1 aliphatic rings. The van der Waals surface area contributed by atoms with Gasteiger partial charge in [0.1, 0.15) is 5.75 Å². The molecule has 0 spiro atoms. The van der Waals surface area contributed by atoms with Crippen LogP contribution < -0.4 is 10.1 Å². The monoisotopic (exact) mass is 344 g/mol. The Morgan fingerprint density at radius 2 is 2.08 bits per heavy atom. The van der Waals surface area contributed by atoms with Crippen LogP contribution in [0.25, 0.3) is 6.08 Å². The van der Waals surface area contributed by atoms with Gasteiger partial charge in [-0.05, 0) is 62.0 Å². The highest BCUT2D eigenvalue weighted by Crippen LogP contribution is 2.31. The van der Waals surface area contributed by atoms with E-state index in [1.807, 2.05) is 31.2 Å². The normalized spacial score (nSPS) is 20.5. The van der Waals surface area contributed by atoms with Crippen LogP contribution in [0.5, 0.6) is 5.75 Å². The van der Waals surface area contributed by atoms with E-state index in [1.165, 1.54) is 0 Å². The van der Waals surface area contributed by atoms with Crippen LogP contribution in [-0.4, -0.2) is 25.5 Å². The molecule has 136 valence electrons. The standard InChI is InChI=1S/C20H28N2O3/c1-4-7-16-8-6-9-17(19(16)22-25-20(23)21-5-2)14-15-10-12-18(24-3)13-11-15/h10-14,16H,4-9H2,1-3H3,(H,21,23)/b17-14+,22-19-. The topological polar surface area (TPSA) is 59.9 Å². The molecule has 1 unspecified atom stereocenters. The molecule has 0 aliphatic heterocycles. The van der Waals surface area contributed by atoms with Crippen molar-refractivity contribution in [2.75, 3.05) is 13.7 Å². The minimum absolute atomic E-state index is 0.345. The summed E-state index contributed by atoms with van der Waals surface area (Å²) >= 11 is 0. The third-order valence-corrected chi connectivity index (χ3v) is 4.36. The molecule has 1 saturated carbocycles. The molecule has 1 amide bonds. The first kappa shape index (κ1) is 19.0. The Hall–Kier alpha value is -2.30. The first-order valence-corrected chi connectivity index (χ1v) is 9.05. The van der Waals surface area contributed by atoms with Crippen molar-refractivity contribution < 1.29 is 14.4 Å². The fraction of sp³-hybridized carbons (Fsp3) is 0.500. The van der Waals surface area contributed by atoms with Gasteiger partial charge < -0.3 is 10.1 Å². The summed E-state index contributed by atoms with van der Waals surface area (Å²) in [5.41, 5.74) is 3.16. The molecule has 1 N–H and O–H groups in total. The van der Waals surface area contributed by atoms with Gasteiger partial charge in [-0.2, -0.15) is 0 Å². The fourth-order valence-corrected chi connectivity index (χ4v) is 3.14. The summed E-state index contributed by atoms with van der Waals surface area (Å²) in [6.07, 6.45) is 6.95. The van der Waals surface area contributed by atoms with Crippen LogP contribution in [0, 0.1) is 5.92 Å². The lowest BCUT2D eigenvalue weighted by Gasteiger charge is -2.25. The maximum atomic E-state index is 11.6. The van der Waals surface area contributed by atoms with Gasteiger partial charge in [0, 0.05) is 12.5 Å². The molecule has 0 aromatic heterocycles. The molecule has 1 fully saturated rings. The number of methoxy groups -OCH3 is 1. The first-order valence-electron chi connectivity index (χ1n) is 9.05. The van der Waals surface area contributed by atoms with Crippen LogP contribution in [0.4, 0.5) is 4.79 Å². The molecule has 2 rings (SSSR count). The number of nitrogens with zero attached hydrogens (tertiary/aromatic N) is 1. The molecule has 1 aromatic carbocycles. The van der Waals surface area contributed by atoms with Crippen molar-refractivity contribution >= 4 is 17.9 Å². The van der Waals surface area contributed by atoms with E-state index >= 15 is 0 Å². The predicted molar refractivity (Wildman–Crippen MR) is 101 cm³/mol. The number of carbonyl (C=O) groups is 1. The Bertz CT molecular complexity index is 618. The highest BCUT2D eigenvalue weighted by atomic mass is 16.7. The van der Waals surface area contributed by atoms with Gasteiger partial charge >= 0.3 is 6.09 Å². The lowest BCUT2D eigenvalue weighted by Crippen LogP contribution is -2.26. The van der Waals surface area contributed by atoms with E-state index in [0.29, 0.717) is 12.5 Å². The highest BCUT2D eigenvalue weighted by molar-refractivity contribution is 6.05. The molecule has 1 aromatic rings. The van der Waals surface area contributed by atoms with E-state index in [1.54, 1.807) is 7.11 Å². The molecule has 0 bridgehead atoms. The van der Waals surface area contributed by atoms with Gasteiger partial charge in [0.25, 0.3) is 0 Å². The van der Waals surface area contributed by atoms with Gasteiger partial charge in [0.2, 0.25) is 0 Å². The summed E-state index contributed by atoms with van der Waals surface area (Å²) in [5.74, 6) is 1.18. The summed E-state index contributed by atoms with van der Waals surface area (Å²) in [6.45, 7) is 4.55. The van der Waals surface area contributed by atoms with E-state index in [-0.39, 0.29) is 0 Å². The second kappa shape index (κ2) is 9.87. The molecule has 0 saturated heterocycles. The number of amides is 1. The number of ether oxygens (including phenoxy) is 1. The number of rotatable bonds is 6. The third kappa shape index (κ3) is 5.62. The molecule has 25 heavy (non-hydrogen) atoms. The van der Waals surface area contributed by atoms with E-state index in [4.69, 9.17) is 9.57 Å². The van der Waals surface area contributed by atoms with E-state index in [0.717, 1.165) is 54.7 Å². The van der Waals surface area contributed by atoms with Crippen molar-refractivity contribution in [2.24, 2.45) is 11.1 Å². The van der Waals surface area contributed by atoms with Gasteiger partial charge in [-0.1, -0.05) is 30.6 Å². The molecular formula is C20H28N2O3. The van der Waals surface area contributed by atoms with Crippen molar-refractivity contribution in [1.29, 1.82) is 0 Å².